The largest absolute Gasteiger partial charge is 0.497 e. The molecule has 0 atom stereocenters. The predicted octanol–water partition coefficient (Wildman–Crippen LogP) is 2.19. The average molecular weight is 371 g/mol. The van der Waals surface area contributed by atoms with Crippen molar-refractivity contribution in [1.29, 1.82) is 0 Å². The third-order valence-corrected chi connectivity index (χ3v) is 3.69. The van der Waals surface area contributed by atoms with Gasteiger partial charge in [0.05, 0.1) is 32.7 Å². The summed E-state index contributed by atoms with van der Waals surface area (Å²) in [6, 6.07) is 12.0. The molecule has 0 aliphatic rings. The lowest BCUT2D eigenvalue weighted by molar-refractivity contribution is -0.136. The highest BCUT2D eigenvalue weighted by molar-refractivity contribution is 6.39. The van der Waals surface area contributed by atoms with Crippen LogP contribution in [0.25, 0.3) is 0 Å². The van der Waals surface area contributed by atoms with Crippen LogP contribution in [0.2, 0.25) is 0 Å². The molecule has 0 aromatic heterocycles. The molecule has 0 aliphatic carbocycles. The Labute approximate surface area is 157 Å². The van der Waals surface area contributed by atoms with Crippen molar-refractivity contribution in [1.82, 2.24) is 5.43 Å². The Morgan fingerprint density at radius 3 is 2.07 bits per heavy atom. The summed E-state index contributed by atoms with van der Waals surface area (Å²) in [5.74, 6) is -0.169. The molecular weight excluding hydrogens is 350 g/mol. The zero-order valence-electron chi connectivity index (χ0n) is 15.5. The van der Waals surface area contributed by atoms with E-state index in [-0.39, 0.29) is 0 Å². The second kappa shape index (κ2) is 9.23. The number of nitrogens with one attached hydrogen (secondary N) is 2. The summed E-state index contributed by atoms with van der Waals surface area (Å²) in [4.78, 5) is 24.1. The highest BCUT2D eigenvalue weighted by Gasteiger charge is 2.16. The van der Waals surface area contributed by atoms with Crippen LogP contribution in [0.4, 0.5) is 5.69 Å². The standard InChI is InChI=1S/C19H21N3O5/c1-12(13-5-7-14(25-2)8-6-13)21-22-19(24)18(23)20-16-11-15(26-3)9-10-17(16)27-4/h5-11H,1-4H3,(H,20,23)(H,22,24)/b21-12+. The summed E-state index contributed by atoms with van der Waals surface area (Å²) < 4.78 is 15.4. The summed E-state index contributed by atoms with van der Waals surface area (Å²) in [7, 11) is 4.53. The molecule has 2 amide bonds. The van der Waals surface area contributed by atoms with Crippen LogP contribution >= 0.6 is 0 Å². The molecule has 0 bridgehead atoms. The molecule has 0 saturated carbocycles. The van der Waals surface area contributed by atoms with E-state index in [9.17, 15) is 9.59 Å². The Kier molecular flexibility index (Phi) is 6.76. The molecule has 2 rings (SSSR count). The van der Waals surface area contributed by atoms with E-state index in [0.29, 0.717) is 28.6 Å². The van der Waals surface area contributed by atoms with Gasteiger partial charge in [0.1, 0.15) is 17.2 Å². The molecule has 8 heteroatoms. The van der Waals surface area contributed by atoms with Gasteiger partial charge in [0.25, 0.3) is 0 Å². The summed E-state index contributed by atoms with van der Waals surface area (Å²) in [5, 5.41) is 6.42. The number of anilines is 1. The Bertz CT molecular complexity index is 847. The average Bonchev–Trinajstić information content (AvgIpc) is 2.71. The van der Waals surface area contributed by atoms with E-state index < -0.39 is 11.8 Å². The van der Waals surface area contributed by atoms with Crippen molar-refractivity contribution in [3.63, 3.8) is 0 Å². The Balaban J connectivity index is 2.04. The van der Waals surface area contributed by atoms with Gasteiger partial charge in [-0.3, -0.25) is 9.59 Å². The lowest BCUT2D eigenvalue weighted by atomic mass is 10.1. The van der Waals surface area contributed by atoms with Gasteiger partial charge >= 0.3 is 11.8 Å². The summed E-state index contributed by atoms with van der Waals surface area (Å²) in [6.07, 6.45) is 0. The zero-order valence-corrected chi connectivity index (χ0v) is 15.5. The van der Waals surface area contributed by atoms with Gasteiger partial charge in [-0.25, -0.2) is 5.43 Å². The lowest BCUT2D eigenvalue weighted by Crippen LogP contribution is -2.33. The number of methoxy groups -OCH3 is 3. The van der Waals surface area contributed by atoms with E-state index in [4.69, 9.17) is 14.2 Å². The first-order chi connectivity index (χ1) is 13.0. The Hall–Kier alpha value is -3.55. The molecule has 0 unspecified atom stereocenters. The van der Waals surface area contributed by atoms with Gasteiger partial charge in [0.15, 0.2) is 0 Å². The van der Waals surface area contributed by atoms with Crippen LogP contribution in [-0.2, 0) is 9.59 Å². The fraction of sp³-hybridized carbons (Fsp3) is 0.211. The molecule has 27 heavy (non-hydrogen) atoms. The fourth-order valence-corrected chi connectivity index (χ4v) is 2.17. The number of hydrogen-bond donors (Lipinski definition) is 2. The molecule has 8 nitrogen and oxygen atoms in total. The van der Waals surface area contributed by atoms with Crippen LogP contribution in [-0.4, -0.2) is 38.9 Å². The first-order valence-corrected chi connectivity index (χ1v) is 8.00. The minimum absolute atomic E-state index is 0.313. The first-order valence-electron chi connectivity index (χ1n) is 8.00. The number of hydrogen-bond acceptors (Lipinski definition) is 6. The summed E-state index contributed by atoms with van der Waals surface area (Å²) in [5.41, 5.74) is 3.87. The van der Waals surface area contributed by atoms with Crippen LogP contribution in [0, 0.1) is 0 Å². The molecule has 0 radical (unpaired) electrons. The molecule has 0 saturated heterocycles. The monoisotopic (exact) mass is 371 g/mol. The maximum atomic E-state index is 12.1. The number of rotatable bonds is 6. The van der Waals surface area contributed by atoms with Crippen molar-refractivity contribution < 1.29 is 23.8 Å². The van der Waals surface area contributed by atoms with Crippen molar-refractivity contribution in [2.24, 2.45) is 5.10 Å². The van der Waals surface area contributed by atoms with Gasteiger partial charge in [0, 0.05) is 6.07 Å². The van der Waals surface area contributed by atoms with Crippen molar-refractivity contribution in [2.75, 3.05) is 26.6 Å². The van der Waals surface area contributed by atoms with Crippen LogP contribution in [0.1, 0.15) is 12.5 Å². The van der Waals surface area contributed by atoms with Crippen molar-refractivity contribution in [3.8, 4) is 17.2 Å². The number of nitrogens with zero attached hydrogens (tertiary/aromatic N) is 1. The maximum Gasteiger partial charge on any atom is 0.329 e. The van der Waals surface area contributed by atoms with Crippen molar-refractivity contribution in [2.45, 2.75) is 6.92 Å². The number of hydrazone groups is 1. The number of ether oxygens (including phenoxy) is 3. The van der Waals surface area contributed by atoms with Crippen molar-refractivity contribution in [3.05, 3.63) is 48.0 Å². The van der Waals surface area contributed by atoms with Crippen LogP contribution in [0.15, 0.2) is 47.6 Å². The minimum Gasteiger partial charge on any atom is -0.497 e. The number of benzene rings is 2. The zero-order chi connectivity index (χ0) is 19.8. The Morgan fingerprint density at radius 1 is 0.852 bits per heavy atom. The van der Waals surface area contributed by atoms with E-state index in [1.54, 1.807) is 56.5 Å². The lowest BCUT2D eigenvalue weighted by Gasteiger charge is -2.11. The van der Waals surface area contributed by atoms with Crippen LogP contribution in [0.5, 0.6) is 17.2 Å². The summed E-state index contributed by atoms with van der Waals surface area (Å²) in [6.45, 7) is 1.71. The van der Waals surface area contributed by atoms with E-state index in [1.807, 2.05) is 0 Å². The molecule has 2 aromatic carbocycles. The van der Waals surface area contributed by atoms with E-state index >= 15 is 0 Å². The third kappa shape index (κ3) is 5.21. The second-order valence-electron chi connectivity index (χ2n) is 5.39. The van der Waals surface area contributed by atoms with E-state index in [1.165, 1.54) is 14.2 Å². The topological polar surface area (TPSA) is 98.2 Å². The molecule has 0 aliphatic heterocycles. The fourth-order valence-electron chi connectivity index (χ4n) is 2.17. The molecule has 2 aromatic rings. The Morgan fingerprint density at radius 2 is 1.48 bits per heavy atom. The highest BCUT2D eigenvalue weighted by Crippen LogP contribution is 2.28. The first kappa shape index (κ1) is 19.8. The van der Waals surface area contributed by atoms with Gasteiger partial charge in [-0.1, -0.05) is 0 Å². The van der Waals surface area contributed by atoms with Gasteiger partial charge in [-0.05, 0) is 48.9 Å². The van der Waals surface area contributed by atoms with Gasteiger partial charge in [-0.2, -0.15) is 5.10 Å². The number of amides is 2. The molecule has 142 valence electrons. The maximum absolute atomic E-state index is 12.1. The van der Waals surface area contributed by atoms with Crippen molar-refractivity contribution >= 4 is 23.2 Å². The molecule has 0 fully saturated rings. The highest BCUT2D eigenvalue weighted by atomic mass is 16.5. The van der Waals surface area contributed by atoms with Gasteiger partial charge in [0.2, 0.25) is 0 Å². The quantitative estimate of drug-likeness (QED) is 0.461. The molecule has 0 spiro atoms. The molecule has 2 N–H and O–H groups in total. The smallest absolute Gasteiger partial charge is 0.329 e. The number of carbonyl (C=O) groups excluding carboxylic acids is 2. The van der Waals surface area contributed by atoms with Crippen LogP contribution in [0.3, 0.4) is 0 Å². The summed E-state index contributed by atoms with van der Waals surface area (Å²) >= 11 is 0. The normalized spacial score (nSPS) is 10.7. The van der Waals surface area contributed by atoms with Gasteiger partial charge < -0.3 is 19.5 Å². The van der Waals surface area contributed by atoms with E-state index in [2.05, 4.69) is 15.8 Å². The number of carbonyl (C=O) groups is 2. The predicted molar refractivity (Wildman–Crippen MR) is 102 cm³/mol. The second-order valence-corrected chi connectivity index (χ2v) is 5.39. The SMILES string of the molecule is COc1ccc(/C(C)=N/NC(=O)C(=O)Nc2cc(OC)ccc2OC)cc1. The van der Waals surface area contributed by atoms with E-state index in [0.717, 1.165) is 5.56 Å². The third-order valence-electron chi connectivity index (χ3n) is 3.69. The minimum atomic E-state index is -0.910. The van der Waals surface area contributed by atoms with Crippen LogP contribution < -0.4 is 25.0 Å². The molecule has 0 heterocycles. The molecular formula is C19H21N3O5. The van der Waals surface area contributed by atoms with Gasteiger partial charge in [-0.15, -0.1) is 0 Å².